The smallest absolute Gasteiger partial charge is 0.326 e. The molecule has 1 saturated heterocycles. The largest absolute Gasteiger partial charge is 0.481 e. The zero-order valence-corrected chi connectivity index (χ0v) is 18.8. The van der Waals surface area contributed by atoms with Crippen LogP contribution >= 0.6 is 0 Å². The Hall–Kier alpha value is -3.46. The molecular weight excluding hydrogens is 454 g/mol. The molecule has 1 fully saturated rings. The van der Waals surface area contributed by atoms with E-state index in [2.05, 4.69) is 15.6 Å². The lowest BCUT2D eigenvalue weighted by Crippen LogP contribution is -2.59. The fourth-order valence-corrected chi connectivity index (χ4v) is 3.44. The summed E-state index contributed by atoms with van der Waals surface area (Å²) in [6.45, 7) is 1.56. The van der Waals surface area contributed by atoms with E-state index in [1.54, 1.807) is 0 Å². The van der Waals surface area contributed by atoms with Crippen molar-refractivity contribution in [1.82, 2.24) is 15.5 Å². The zero-order valence-electron chi connectivity index (χ0n) is 18.8. The molecule has 34 heavy (non-hydrogen) atoms. The number of hydrogen-bond acceptors (Lipinski definition) is 8. The van der Waals surface area contributed by atoms with Crippen LogP contribution in [0.3, 0.4) is 0 Å². The topological polar surface area (TPSA) is 264 Å². The number of guanidine groups is 1. The van der Waals surface area contributed by atoms with Crippen LogP contribution in [0.2, 0.25) is 0 Å². The van der Waals surface area contributed by atoms with Gasteiger partial charge in [-0.05, 0) is 32.6 Å². The summed E-state index contributed by atoms with van der Waals surface area (Å²) in [5, 5.41) is 32.8. The minimum atomic E-state index is -1.48. The van der Waals surface area contributed by atoms with Crippen LogP contribution in [0.1, 0.15) is 39.0 Å². The maximum Gasteiger partial charge on any atom is 0.326 e. The Kier molecular flexibility index (Phi) is 11.2. The molecule has 0 aromatic rings. The van der Waals surface area contributed by atoms with Gasteiger partial charge in [0, 0.05) is 13.1 Å². The van der Waals surface area contributed by atoms with Crippen LogP contribution in [-0.2, 0) is 24.0 Å². The molecule has 1 aliphatic rings. The summed E-state index contributed by atoms with van der Waals surface area (Å²) in [6.07, 6.45) is -1.04. The number of carbonyl (C=O) groups excluding carboxylic acids is 3. The summed E-state index contributed by atoms with van der Waals surface area (Å²) < 4.78 is 0. The molecule has 0 aromatic carbocycles. The van der Waals surface area contributed by atoms with Crippen molar-refractivity contribution in [2.45, 2.75) is 69.3 Å². The fraction of sp³-hybridized carbons (Fsp3) is 0.684. The van der Waals surface area contributed by atoms with Crippen molar-refractivity contribution in [2.75, 3.05) is 13.1 Å². The van der Waals surface area contributed by atoms with E-state index < -0.39 is 66.4 Å². The number of aliphatic carboxylic acids is 2. The summed E-state index contributed by atoms with van der Waals surface area (Å²) in [7, 11) is 0. The van der Waals surface area contributed by atoms with Crippen molar-refractivity contribution >= 4 is 35.6 Å². The lowest BCUT2D eigenvalue weighted by molar-refractivity contribution is -0.146. The highest BCUT2D eigenvalue weighted by atomic mass is 16.4. The van der Waals surface area contributed by atoms with E-state index in [4.69, 9.17) is 22.3 Å². The first-order valence-corrected chi connectivity index (χ1v) is 10.7. The maximum atomic E-state index is 13.0. The number of nitrogens with two attached hydrogens (primary N) is 3. The molecule has 5 atom stereocenters. The van der Waals surface area contributed by atoms with Crippen molar-refractivity contribution in [3.05, 3.63) is 0 Å². The molecule has 11 N–H and O–H groups in total. The molecule has 1 aliphatic heterocycles. The zero-order chi connectivity index (χ0) is 26.0. The number of likely N-dealkylation sites (tertiary alicyclic amines) is 1. The number of carbonyl (C=O) groups is 5. The molecule has 3 amide bonds. The van der Waals surface area contributed by atoms with Gasteiger partial charge in [0.2, 0.25) is 17.7 Å². The van der Waals surface area contributed by atoms with E-state index in [0.29, 0.717) is 6.42 Å². The molecule has 1 rings (SSSR count). The first-order valence-electron chi connectivity index (χ1n) is 10.7. The quantitative estimate of drug-likeness (QED) is 0.0710. The van der Waals surface area contributed by atoms with Gasteiger partial charge in [0.25, 0.3) is 0 Å². The van der Waals surface area contributed by atoms with E-state index in [1.807, 2.05) is 0 Å². The Morgan fingerprint density at radius 2 is 1.79 bits per heavy atom. The average Bonchev–Trinajstić information content (AvgIpc) is 3.22. The number of aliphatic hydroxyl groups is 1. The summed E-state index contributed by atoms with van der Waals surface area (Å²) in [5.41, 5.74) is 15.9. The number of aliphatic imine (C=N–C) groups is 1. The number of nitrogens with one attached hydrogen (secondary N) is 2. The number of carboxylic acid groups (broad SMARTS) is 2. The van der Waals surface area contributed by atoms with Gasteiger partial charge in [-0.3, -0.25) is 24.2 Å². The second kappa shape index (κ2) is 13.3. The summed E-state index contributed by atoms with van der Waals surface area (Å²) in [4.78, 5) is 65.2. The Balaban J connectivity index is 2.86. The third-order valence-corrected chi connectivity index (χ3v) is 5.18. The molecule has 0 radical (unpaired) electrons. The normalized spacial score (nSPS) is 18.8. The predicted molar refractivity (Wildman–Crippen MR) is 118 cm³/mol. The SMILES string of the molecule is CC(O)C(NC(=O)C(N)CC(=O)O)C(=O)N1CCCC1C(=O)NC(CCCN=C(N)N)C(=O)O. The van der Waals surface area contributed by atoms with Crippen LogP contribution in [0.15, 0.2) is 4.99 Å². The summed E-state index contributed by atoms with van der Waals surface area (Å²) in [5.74, 6) is -5.14. The highest BCUT2D eigenvalue weighted by molar-refractivity contribution is 5.95. The molecule has 0 bridgehead atoms. The Bertz CT molecular complexity index is 800. The van der Waals surface area contributed by atoms with Crippen LogP contribution in [0.4, 0.5) is 0 Å². The molecule has 192 valence electrons. The fourth-order valence-electron chi connectivity index (χ4n) is 3.44. The third-order valence-electron chi connectivity index (χ3n) is 5.18. The maximum absolute atomic E-state index is 13.0. The standard InChI is InChI=1S/C19H33N7O8/c1-9(27)14(25-15(30)10(20)8-13(28)29)17(32)26-7-3-5-12(26)16(31)24-11(18(33)34)4-2-6-23-19(21)22/h9-12,14,27H,2-8,20H2,1H3,(H,24,31)(H,25,30)(H,28,29)(H,33,34)(H4,21,22,23). The minimum absolute atomic E-state index is 0.0480. The monoisotopic (exact) mass is 487 g/mol. The van der Waals surface area contributed by atoms with E-state index in [-0.39, 0.29) is 38.3 Å². The third kappa shape index (κ3) is 8.82. The van der Waals surface area contributed by atoms with Gasteiger partial charge in [0.1, 0.15) is 18.1 Å². The number of amides is 3. The van der Waals surface area contributed by atoms with Crippen molar-refractivity contribution in [1.29, 1.82) is 0 Å². The number of nitrogens with zero attached hydrogens (tertiary/aromatic N) is 2. The molecule has 0 aliphatic carbocycles. The summed E-state index contributed by atoms with van der Waals surface area (Å²) >= 11 is 0. The predicted octanol–water partition coefficient (Wildman–Crippen LogP) is -3.73. The van der Waals surface area contributed by atoms with Crippen LogP contribution in [0.25, 0.3) is 0 Å². The van der Waals surface area contributed by atoms with Gasteiger partial charge >= 0.3 is 11.9 Å². The van der Waals surface area contributed by atoms with Crippen molar-refractivity contribution in [3.63, 3.8) is 0 Å². The van der Waals surface area contributed by atoms with Crippen molar-refractivity contribution in [2.24, 2.45) is 22.2 Å². The molecule has 5 unspecified atom stereocenters. The molecule has 0 aromatic heterocycles. The minimum Gasteiger partial charge on any atom is -0.481 e. The van der Waals surface area contributed by atoms with Gasteiger partial charge in [-0.25, -0.2) is 4.79 Å². The molecule has 0 spiro atoms. The highest BCUT2D eigenvalue weighted by Crippen LogP contribution is 2.20. The first kappa shape index (κ1) is 28.6. The molecule has 0 saturated carbocycles. The van der Waals surface area contributed by atoms with Gasteiger partial charge in [0.05, 0.1) is 18.6 Å². The summed E-state index contributed by atoms with van der Waals surface area (Å²) in [6, 6.07) is -5.17. The lowest BCUT2D eigenvalue weighted by Gasteiger charge is -2.31. The molecule has 1 heterocycles. The van der Waals surface area contributed by atoms with E-state index in [0.717, 1.165) is 4.90 Å². The number of aliphatic hydroxyl groups excluding tert-OH is 1. The molecular formula is C19H33N7O8. The van der Waals surface area contributed by atoms with E-state index in [9.17, 15) is 34.2 Å². The van der Waals surface area contributed by atoms with Gasteiger partial charge < -0.3 is 48.1 Å². The Morgan fingerprint density at radius 3 is 2.32 bits per heavy atom. The van der Waals surface area contributed by atoms with Crippen LogP contribution in [0.5, 0.6) is 0 Å². The number of rotatable bonds is 13. The highest BCUT2D eigenvalue weighted by Gasteiger charge is 2.40. The second-order valence-electron chi connectivity index (χ2n) is 7.97. The lowest BCUT2D eigenvalue weighted by atomic mass is 10.1. The van der Waals surface area contributed by atoms with E-state index >= 15 is 0 Å². The number of carboxylic acids is 2. The Morgan fingerprint density at radius 1 is 1.15 bits per heavy atom. The van der Waals surface area contributed by atoms with E-state index in [1.165, 1.54) is 6.92 Å². The molecule has 15 heteroatoms. The van der Waals surface area contributed by atoms with Gasteiger partial charge in [-0.2, -0.15) is 0 Å². The first-order chi connectivity index (χ1) is 15.8. The van der Waals surface area contributed by atoms with Crippen LogP contribution in [0, 0.1) is 0 Å². The van der Waals surface area contributed by atoms with Gasteiger partial charge in [-0.1, -0.05) is 0 Å². The number of hydrogen-bond donors (Lipinski definition) is 8. The van der Waals surface area contributed by atoms with Gasteiger partial charge in [0.15, 0.2) is 5.96 Å². The molecule has 15 nitrogen and oxygen atoms in total. The Labute approximate surface area is 195 Å². The van der Waals surface area contributed by atoms with Crippen LogP contribution < -0.4 is 27.8 Å². The van der Waals surface area contributed by atoms with Crippen molar-refractivity contribution < 1.29 is 39.3 Å². The second-order valence-corrected chi connectivity index (χ2v) is 7.97. The van der Waals surface area contributed by atoms with Crippen molar-refractivity contribution in [3.8, 4) is 0 Å². The van der Waals surface area contributed by atoms with Gasteiger partial charge in [-0.15, -0.1) is 0 Å². The van der Waals surface area contributed by atoms with Crippen LogP contribution in [-0.4, -0.2) is 99.2 Å². The average molecular weight is 488 g/mol.